The van der Waals surface area contributed by atoms with Crippen LogP contribution in [0.5, 0.6) is 0 Å². The van der Waals surface area contributed by atoms with E-state index in [0.29, 0.717) is 11.4 Å². The highest BCUT2D eigenvalue weighted by Crippen LogP contribution is 2.25. The Morgan fingerprint density at radius 1 is 1.33 bits per heavy atom. The van der Waals surface area contributed by atoms with Gasteiger partial charge in [-0.05, 0) is 31.0 Å². The van der Waals surface area contributed by atoms with Gasteiger partial charge in [0, 0.05) is 24.8 Å². The second-order valence-electron chi connectivity index (χ2n) is 6.72. The molecule has 1 fully saturated rings. The SMILES string of the molecule is CCNC(=NCc1ccc(S(C)(=O)=O)c(C)c1)NCC1(C)COC1. The summed E-state index contributed by atoms with van der Waals surface area (Å²) in [6.07, 6.45) is 1.23. The van der Waals surface area contributed by atoms with Gasteiger partial charge in [0.2, 0.25) is 0 Å². The molecule has 1 saturated heterocycles. The smallest absolute Gasteiger partial charge is 0.191 e. The van der Waals surface area contributed by atoms with Gasteiger partial charge in [-0.25, -0.2) is 13.4 Å². The zero-order valence-electron chi connectivity index (χ0n) is 14.8. The highest BCUT2D eigenvalue weighted by atomic mass is 32.2. The van der Waals surface area contributed by atoms with Crippen molar-refractivity contribution in [3.8, 4) is 0 Å². The molecule has 1 aliphatic heterocycles. The molecule has 0 aliphatic carbocycles. The Morgan fingerprint density at radius 2 is 2.04 bits per heavy atom. The van der Waals surface area contributed by atoms with Crippen molar-refractivity contribution >= 4 is 15.8 Å². The lowest BCUT2D eigenvalue weighted by molar-refractivity contribution is -0.0971. The summed E-state index contributed by atoms with van der Waals surface area (Å²) in [5.41, 5.74) is 1.90. The minimum absolute atomic E-state index is 0.171. The minimum Gasteiger partial charge on any atom is -0.380 e. The fourth-order valence-corrected chi connectivity index (χ4v) is 3.55. The number of guanidine groups is 1. The number of hydrogen-bond acceptors (Lipinski definition) is 4. The Labute approximate surface area is 144 Å². The van der Waals surface area contributed by atoms with Crippen LogP contribution in [-0.2, 0) is 21.1 Å². The molecule has 0 spiro atoms. The molecule has 0 aromatic heterocycles. The van der Waals surface area contributed by atoms with Crippen molar-refractivity contribution in [3.05, 3.63) is 29.3 Å². The number of rotatable bonds is 6. The lowest BCUT2D eigenvalue weighted by Gasteiger charge is -2.38. The predicted molar refractivity (Wildman–Crippen MR) is 96.0 cm³/mol. The Hall–Kier alpha value is -1.60. The van der Waals surface area contributed by atoms with Gasteiger partial charge in [0.05, 0.1) is 24.7 Å². The summed E-state index contributed by atoms with van der Waals surface area (Å²) in [7, 11) is -3.18. The van der Waals surface area contributed by atoms with Gasteiger partial charge in [-0.2, -0.15) is 0 Å². The molecule has 0 atom stereocenters. The molecular weight excluding hydrogens is 326 g/mol. The zero-order valence-corrected chi connectivity index (χ0v) is 15.7. The number of ether oxygens (including phenoxy) is 1. The van der Waals surface area contributed by atoms with Gasteiger partial charge >= 0.3 is 0 Å². The fraction of sp³-hybridized carbons (Fsp3) is 0.588. The van der Waals surface area contributed by atoms with Crippen LogP contribution in [0.4, 0.5) is 0 Å². The van der Waals surface area contributed by atoms with Gasteiger partial charge < -0.3 is 15.4 Å². The third-order valence-corrected chi connectivity index (χ3v) is 5.24. The van der Waals surface area contributed by atoms with E-state index >= 15 is 0 Å². The lowest BCUT2D eigenvalue weighted by Crippen LogP contribution is -2.51. The van der Waals surface area contributed by atoms with E-state index in [0.717, 1.165) is 43.4 Å². The maximum Gasteiger partial charge on any atom is 0.191 e. The second-order valence-corrected chi connectivity index (χ2v) is 8.71. The molecule has 7 heteroatoms. The Morgan fingerprint density at radius 3 is 2.54 bits per heavy atom. The first-order valence-electron chi connectivity index (χ1n) is 8.13. The highest BCUT2D eigenvalue weighted by molar-refractivity contribution is 7.90. The third kappa shape index (κ3) is 4.95. The summed E-state index contributed by atoms with van der Waals surface area (Å²) in [5.74, 6) is 0.760. The molecule has 0 radical (unpaired) electrons. The quantitative estimate of drug-likeness (QED) is 0.598. The summed E-state index contributed by atoms with van der Waals surface area (Å²) in [4.78, 5) is 4.96. The van der Waals surface area contributed by atoms with E-state index in [9.17, 15) is 8.42 Å². The lowest BCUT2D eigenvalue weighted by atomic mass is 9.89. The average molecular weight is 353 g/mol. The van der Waals surface area contributed by atoms with Gasteiger partial charge in [-0.15, -0.1) is 0 Å². The van der Waals surface area contributed by atoms with Crippen LogP contribution in [0.3, 0.4) is 0 Å². The number of nitrogens with zero attached hydrogens (tertiary/aromatic N) is 1. The summed E-state index contributed by atoms with van der Waals surface area (Å²) in [5, 5.41) is 6.57. The van der Waals surface area contributed by atoms with Crippen molar-refractivity contribution in [2.75, 3.05) is 32.6 Å². The first-order chi connectivity index (χ1) is 11.2. The van der Waals surface area contributed by atoms with Gasteiger partial charge in [0.25, 0.3) is 0 Å². The molecular formula is C17H27N3O3S. The second kappa shape index (κ2) is 7.53. The van der Waals surface area contributed by atoms with Crippen molar-refractivity contribution in [2.24, 2.45) is 10.4 Å². The summed E-state index contributed by atoms with van der Waals surface area (Å²) in [6.45, 7) is 9.64. The molecule has 2 rings (SSSR count). The molecule has 0 unspecified atom stereocenters. The van der Waals surface area contributed by atoms with E-state index in [1.54, 1.807) is 6.07 Å². The van der Waals surface area contributed by atoms with Gasteiger partial charge in [0.1, 0.15) is 0 Å². The number of sulfone groups is 1. The number of nitrogens with one attached hydrogen (secondary N) is 2. The van der Waals surface area contributed by atoms with Gasteiger partial charge in [0.15, 0.2) is 15.8 Å². The molecule has 134 valence electrons. The molecule has 0 saturated carbocycles. The van der Waals surface area contributed by atoms with E-state index in [1.165, 1.54) is 6.26 Å². The van der Waals surface area contributed by atoms with E-state index in [2.05, 4.69) is 22.5 Å². The van der Waals surface area contributed by atoms with E-state index in [1.807, 2.05) is 26.0 Å². The molecule has 1 aromatic carbocycles. The predicted octanol–water partition coefficient (Wildman–Crippen LogP) is 1.49. The van der Waals surface area contributed by atoms with Crippen LogP contribution in [0.25, 0.3) is 0 Å². The first kappa shape index (κ1) is 18.7. The van der Waals surface area contributed by atoms with Crippen LogP contribution in [0.2, 0.25) is 0 Å². The minimum atomic E-state index is -3.18. The maximum atomic E-state index is 11.7. The zero-order chi connectivity index (χ0) is 17.8. The van der Waals surface area contributed by atoms with Crippen LogP contribution < -0.4 is 10.6 Å². The normalized spacial score (nSPS) is 17.2. The highest BCUT2D eigenvalue weighted by Gasteiger charge is 2.33. The van der Waals surface area contributed by atoms with Crippen LogP contribution >= 0.6 is 0 Å². The van der Waals surface area contributed by atoms with Crippen molar-refractivity contribution in [1.29, 1.82) is 0 Å². The summed E-state index contributed by atoms with van der Waals surface area (Å²) < 4.78 is 28.6. The molecule has 1 heterocycles. The molecule has 6 nitrogen and oxygen atoms in total. The molecule has 0 bridgehead atoms. The van der Waals surface area contributed by atoms with Crippen LogP contribution in [0.1, 0.15) is 25.0 Å². The standard InChI is InChI=1S/C17H27N3O3S/c1-5-18-16(20-10-17(3)11-23-12-17)19-9-14-6-7-15(13(2)8-14)24(4,21)22/h6-8H,5,9-12H2,1-4H3,(H2,18,19,20). The van der Waals surface area contributed by atoms with E-state index in [-0.39, 0.29) is 5.41 Å². The average Bonchev–Trinajstić information content (AvgIpc) is 2.47. The number of aliphatic imine (C=N–C) groups is 1. The monoisotopic (exact) mass is 353 g/mol. The van der Waals surface area contributed by atoms with E-state index < -0.39 is 9.84 Å². The van der Waals surface area contributed by atoms with Gasteiger partial charge in [-0.3, -0.25) is 0 Å². The van der Waals surface area contributed by atoms with Crippen LogP contribution in [0.15, 0.2) is 28.1 Å². The number of aryl methyl sites for hydroxylation is 1. The van der Waals surface area contributed by atoms with Gasteiger partial charge in [-0.1, -0.05) is 19.1 Å². The van der Waals surface area contributed by atoms with Crippen LogP contribution in [0, 0.1) is 12.3 Å². The molecule has 2 N–H and O–H groups in total. The fourth-order valence-electron chi connectivity index (χ4n) is 2.59. The maximum absolute atomic E-state index is 11.7. The van der Waals surface area contributed by atoms with Crippen LogP contribution in [-0.4, -0.2) is 46.9 Å². The Kier molecular flexibility index (Phi) is 5.87. The Bertz CT molecular complexity index is 710. The third-order valence-electron chi connectivity index (χ3n) is 3.99. The van der Waals surface area contributed by atoms with Crippen molar-refractivity contribution < 1.29 is 13.2 Å². The molecule has 1 aromatic rings. The molecule has 24 heavy (non-hydrogen) atoms. The summed E-state index contributed by atoms with van der Waals surface area (Å²) in [6, 6.07) is 5.35. The molecule has 0 amide bonds. The number of hydrogen-bond donors (Lipinski definition) is 2. The topological polar surface area (TPSA) is 79.8 Å². The van der Waals surface area contributed by atoms with Crippen molar-refractivity contribution in [3.63, 3.8) is 0 Å². The van der Waals surface area contributed by atoms with E-state index in [4.69, 9.17) is 4.74 Å². The first-order valence-corrected chi connectivity index (χ1v) is 10.0. The molecule has 1 aliphatic rings. The van der Waals surface area contributed by atoms with Crippen molar-refractivity contribution in [1.82, 2.24) is 10.6 Å². The van der Waals surface area contributed by atoms with Crippen molar-refractivity contribution in [2.45, 2.75) is 32.2 Å². The Balaban J connectivity index is 2.03. The largest absolute Gasteiger partial charge is 0.380 e. The summed E-state index contributed by atoms with van der Waals surface area (Å²) >= 11 is 0. The number of benzene rings is 1.